The van der Waals surface area contributed by atoms with E-state index in [0.717, 1.165) is 0 Å². The van der Waals surface area contributed by atoms with Crippen LogP contribution in [0.5, 0.6) is 5.75 Å². The summed E-state index contributed by atoms with van der Waals surface area (Å²) in [5.74, 6) is -0.288. The Bertz CT molecular complexity index is 336. The second-order valence-corrected chi connectivity index (χ2v) is 3.28. The first-order chi connectivity index (χ1) is 6.19. The highest BCUT2D eigenvalue weighted by Gasteiger charge is 2.08. The zero-order valence-corrected chi connectivity index (χ0v) is 8.56. The van der Waals surface area contributed by atoms with Crippen LogP contribution in [0.15, 0.2) is 16.6 Å². The molecule has 0 amide bonds. The van der Waals surface area contributed by atoms with Crippen molar-refractivity contribution in [2.75, 3.05) is 7.11 Å². The fraction of sp³-hybridized carbons (Fsp3) is 0.222. The molecule has 0 N–H and O–H groups in total. The van der Waals surface area contributed by atoms with Crippen molar-refractivity contribution in [3.05, 3.63) is 28.0 Å². The molecular weight excluding hydrogens is 237 g/mol. The van der Waals surface area contributed by atoms with Gasteiger partial charge in [-0.15, -0.1) is 0 Å². The summed E-state index contributed by atoms with van der Waals surface area (Å²) < 4.78 is 18.5. The minimum Gasteiger partial charge on any atom is -0.492 e. The van der Waals surface area contributed by atoms with Crippen molar-refractivity contribution in [1.29, 1.82) is 5.26 Å². The quantitative estimate of drug-likeness (QED) is 0.801. The number of nitrogens with zero attached hydrogens (tertiary/aromatic N) is 1. The third-order valence-corrected chi connectivity index (χ3v) is 2.13. The molecule has 0 saturated carbocycles. The summed E-state index contributed by atoms with van der Waals surface area (Å²) in [4.78, 5) is 0. The van der Waals surface area contributed by atoms with Crippen LogP contribution in [0.4, 0.5) is 4.39 Å². The molecule has 0 aliphatic rings. The number of nitriles is 1. The molecular formula is C9H7BrFNO. The molecule has 13 heavy (non-hydrogen) atoms. The van der Waals surface area contributed by atoms with Gasteiger partial charge in [-0.2, -0.15) is 5.26 Å². The summed E-state index contributed by atoms with van der Waals surface area (Å²) in [5.41, 5.74) is 0.632. The SMILES string of the molecule is COc1c(F)cc(CC#N)cc1Br. The fourth-order valence-corrected chi connectivity index (χ4v) is 1.65. The minimum absolute atomic E-state index is 0.168. The molecule has 0 atom stereocenters. The van der Waals surface area contributed by atoms with E-state index in [9.17, 15) is 4.39 Å². The molecule has 0 aromatic heterocycles. The Hall–Kier alpha value is -1.08. The van der Waals surface area contributed by atoms with Gasteiger partial charge in [0.2, 0.25) is 0 Å². The maximum atomic E-state index is 13.2. The van der Waals surface area contributed by atoms with Crippen LogP contribution in [-0.2, 0) is 6.42 Å². The standard InChI is InChI=1S/C9H7BrFNO/c1-13-9-7(10)4-6(2-3-12)5-8(9)11/h4-5H,2H2,1H3. The van der Waals surface area contributed by atoms with E-state index in [1.54, 1.807) is 6.07 Å². The van der Waals surface area contributed by atoms with E-state index >= 15 is 0 Å². The molecule has 0 heterocycles. The van der Waals surface area contributed by atoms with E-state index < -0.39 is 5.82 Å². The van der Waals surface area contributed by atoms with Gasteiger partial charge in [-0.25, -0.2) is 4.39 Å². The van der Waals surface area contributed by atoms with E-state index in [4.69, 9.17) is 10.00 Å². The van der Waals surface area contributed by atoms with Crippen LogP contribution in [0.3, 0.4) is 0 Å². The van der Waals surface area contributed by atoms with Crippen molar-refractivity contribution in [2.24, 2.45) is 0 Å². The number of hydrogen-bond donors (Lipinski definition) is 0. The number of methoxy groups -OCH3 is 1. The van der Waals surface area contributed by atoms with Crippen molar-refractivity contribution >= 4 is 15.9 Å². The Morgan fingerprint density at radius 2 is 2.31 bits per heavy atom. The summed E-state index contributed by atoms with van der Waals surface area (Å²) >= 11 is 3.15. The van der Waals surface area contributed by atoms with E-state index in [1.165, 1.54) is 13.2 Å². The van der Waals surface area contributed by atoms with Gasteiger partial charge in [-0.1, -0.05) is 0 Å². The van der Waals surface area contributed by atoms with Crippen molar-refractivity contribution < 1.29 is 9.13 Å². The molecule has 0 bridgehead atoms. The minimum atomic E-state index is -0.456. The topological polar surface area (TPSA) is 33.0 Å². The Morgan fingerprint density at radius 1 is 1.62 bits per heavy atom. The number of hydrogen-bond acceptors (Lipinski definition) is 2. The molecule has 2 nitrogen and oxygen atoms in total. The summed E-state index contributed by atoms with van der Waals surface area (Å²) in [6.07, 6.45) is 0.194. The Kier molecular flexibility index (Phi) is 3.26. The second kappa shape index (κ2) is 4.24. The first-order valence-corrected chi connectivity index (χ1v) is 4.37. The monoisotopic (exact) mass is 243 g/mol. The first kappa shape index (κ1) is 10.0. The van der Waals surface area contributed by atoms with Crippen LogP contribution in [0.2, 0.25) is 0 Å². The largest absolute Gasteiger partial charge is 0.492 e. The molecule has 1 rings (SSSR count). The van der Waals surface area contributed by atoms with Gasteiger partial charge in [0.1, 0.15) is 0 Å². The molecule has 0 aliphatic carbocycles. The Balaban J connectivity index is 3.14. The molecule has 68 valence electrons. The average Bonchev–Trinajstić information content (AvgIpc) is 2.04. The van der Waals surface area contributed by atoms with Gasteiger partial charge >= 0.3 is 0 Å². The summed E-state index contributed by atoms with van der Waals surface area (Å²) in [6, 6.07) is 4.92. The molecule has 4 heteroatoms. The number of halogens is 2. The van der Waals surface area contributed by atoms with Gasteiger partial charge < -0.3 is 4.74 Å². The molecule has 0 aliphatic heterocycles. The molecule has 0 saturated heterocycles. The van der Waals surface area contributed by atoms with Crippen LogP contribution in [0.25, 0.3) is 0 Å². The van der Waals surface area contributed by atoms with Crippen molar-refractivity contribution in [3.8, 4) is 11.8 Å². The van der Waals surface area contributed by atoms with Crippen LogP contribution in [0, 0.1) is 17.1 Å². The summed E-state index contributed by atoms with van der Waals surface area (Å²) in [5, 5.41) is 8.41. The normalized spacial score (nSPS) is 9.38. The highest BCUT2D eigenvalue weighted by Crippen LogP contribution is 2.29. The molecule has 0 unspecified atom stereocenters. The van der Waals surface area contributed by atoms with E-state index in [-0.39, 0.29) is 12.2 Å². The van der Waals surface area contributed by atoms with Crippen molar-refractivity contribution in [1.82, 2.24) is 0 Å². The maximum absolute atomic E-state index is 13.2. The van der Waals surface area contributed by atoms with Crippen molar-refractivity contribution in [3.63, 3.8) is 0 Å². The summed E-state index contributed by atoms with van der Waals surface area (Å²) in [7, 11) is 1.40. The fourth-order valence-electron chi connectivity index (χ4n) is 1.00. The zero-order valence-electron chi connectivity index (χ0n) is 6.97. The third-order valence-electron chi connectivity index (χ3n) is 1.55. The smallest absolute Gasteiger partial charge is 0.168 e. The number of rotatable bonds is 2. The lowest BCUT2D eigenvalue weighted by Crippen LogP contribution is -1.92. The number of ether oxygens (including phenoxy) is 1. The van der Waals surface area contributed by atoms with E-state index in [0.29, 0.717) is 10.0 Å². The van der Waals surface area contributed by atoms with Crippen LogP contribution in [-0.4, -0.2) is 7.11 Å². The van der Waals surface area contributed by atoms with Crippen LogP contribution < -0.4 is 4.74 Å². The molecule has 0 spiro atoms. The molecule has 1 aromatic rings. The highest BCUT2D eigenvalue weighted by atomic mass is 79.9. The van der Waals surface area contributed by atoms with E-state index in [1.807, 2.05) is 6.07 Å². The predicted molar refractivity (Wildman–Crippen MR) is 50.0 cm³/mol. The molecule has 1 aromatic carbocycles. The van der Waals surface area contributed by atoms with Gasteiger partial charge in [0.15, 0.2) is 11.6 Å². The van der Waals surface area contributed by atoms with Gasteiger partial charge in [-0.05, 0) is 33.6 Å². The first-order valence-electron chi connectivity index (χ1n) is 3.58. The zero-order chi connectivity index (χ0) is 9.84. The van der Waals surface area contributed by atoms with Gasteiger partial charge in [0.05, 0.1) is 24.1 Å². The average molecular weight is 244 g/mol. The summed E-state index contributed by atoms with van der Waals surface area (Å²) in [6.45, 7) is 0. The van der Waals surface area contributed by atoms with Gasteiger partial charge in [-0.3, -0.25) is 0 Å². The Morgan fingerprint density at radius 3 is 2.77 bits per heavy atom. The highest BCUT2D eigenvalue weighted by molar-refractivity contribution is 9.10. The maximum Gasteiger partial charge on any atom is 0.168 e. The second-order valence-electron chi connectivity index (χ2n) is 2.43. The van der Waals surface area contributed by atoms with Crippen LogP contribution >= 0.6 is 15.9 Å². The van der Waals surface area contributed by atoms with Crippen LogP contribution in [0.1, 0.15) is 5.56 Å². The molecule has 0 radical (unpaired) electrons. The van der Waals surface area contributed by atoms with Crippen molar-refractivity contribution in [2.45, 2.75) is 6.42 Å². The third kappa shape index (κ3) is 2.19. The molecule has 0 fully saturated rings. The number of benzene rings is 1. The van der Waals surface area contributed by atoms with Gasteiger partial charge in [0.25, 0.3) is 0 Å². The van der Waals surface area contributed by atoms with Gasteiger partial charge in [0, 0.05) is 0 Å². The Labute approximate surface area is 84.1 Å². The lowest BCUT2D eigenvalue weighted by molar-refractivity contribution is 0.383. The van der Waals surface area contributed by atoms with E-state index in [2.05, 4.69) is 15.9 Å². The lowest BCUT2D eigenvalue weighted by Gasteiger charge is -2.05. The lowest BCUT2D eigenvalue weighted by atomic mass is 10.1. The predicted octanol–water partition coefficient (Wildman–Crippen LogP) is 2.66.